The average Bonchev–Trinajstić information content (AvgIpc) is 2.02. The van der Waals surface area contributed by atoms with Gasteiger partial charge in [0.05, 0.1) is 13.0 Å². The van der Waals surface area contributed by atoms with Crippen molar-refractivity contribution in [3.8, 4) is 0 Å². The summed E-state index contributed by atoms with van der Waals surface area (Å²) in [6.45, 7) is 1.66. The molecule has 0 aromatic rings. The van der Waals surface area contributed by atoms with Crippen LogP contribution in [0.2, 0.25) is 0 Å². The molecule has 0 aliphatic heterocycles. The zero-order valence-electron chi connectivity index (χ0n) is 6.92. The highest BCUT2D eigenvalue weighted by Gasteiger charge is 2.15. The number of ether oxygens (including phenoxy) is 1. The maximum Gasteiger partial charge on any atom is 0.308 e. The van der Waals surface area contributed by atoms with Gasteiger partial charge in [-0.25, -0.2) is 0 Å². The topological polar surface area (TPSA) is 52.6 Å². The summed E-state index contributed by atoms with van der Waals surface area (Å²) >= 11 is 0. The number of carbonyl (C=O) groups is 1. The lowest BCUT2D eigenvalue weighted by atomic mass is 10.2. The van der Waals surface area contributed by atoms with Crippen LogP contribution in [-0.4, -0.2) is 26.4 Å². The van der Waals surface area contributed by atoms with Crippen LogP contribution in [0.5, 0.6) is 0 Å². The molecule has 0 saturated heterocycles. The van der Waals surface area contributed by atoms with Crippen molar-refractivity contribution >= 4 is 14.0 Å². The second kappa shape index (κ2) is 5.33. The third-order valence-electron chi connectivity index (χ3n) is 1.30. The molecule has 0 aromatic heterocycles. The van der Waals surface area contributed by atoms with Crippen molar-refractivity contribution in [2.24, 2.45) is 5.92 Å². The Hall–Kier alpha value is -0.340. The van der Waals surface area contributed by atoms with Gasteiger partial charge in [-0.3, -0.25) is 9.36 Å². The van der Waals surface area contributed by atoms with E-state index in [9.17, 15) is 9.36 Å². The Kier molecular flexibility index (Phi) is 5.16. The lowest BCUT2D eigenvalue weighted by Gasteiger charge is -2.06. The molecule has 0 aliphatic rings. The van der Waals surface area contributed by atoms with Gasteiger partial charge in [-0.05, 0) is 0 Å². The van der Waals surface area contributed by atoms with Gasteiger partial charge >= 0.3 is 5.97 Å². The van der Waals surface area contributed by atoms with E-state index in [2.05, 4.69) is 9.26 Å². The molecule has 2 atom stereocenters. The molecule has 0 saturated carbocycles. The van der Waals surface area contributed by atoms with E-state index in [0.29, 0.717) is 0 Å². The summed E-state index contributed by atoms with van der Waals surface area (Å²) in [5, 5.41) is 0. The van der Waals surface area contributed by atoms with Crippen molar-refractivity contribution in [2.45, 2.75) is 6.92 Å². The molecule has 11 heavy (non-hydrogen) atoms. The predicted molar refractivity (Wildman–Crippen MR) is 42.1 cm³/mol. The van der Waals surface area contributed by atoms with Gasteiger partial charge in [0.15, 0.2) is 8.03 Å². The van der Waals surface area contributed by atoms with Crippen molar-refractivity contribution in [3.05, 3.63) is 0 Å². The summed E-state index contributed by atoms with van der Waals surface area (Å²) in [7, 11) is 0.641. The highest BCUT2D eigenvalue weighted by molar-refractivity contribution is 7.39. The maximum absolute atomic E-state index is 10.8. The molecule has 5 heteroatoms. The number of carbonyl (C=O) groups excluding carboxylic acids is 1. The third-order valence-corrected chi connectivity index (χ3v) is 2.71. The van der Waals surface area contributed by atoms with Gasteiger partial charge in [0.25, 0.3) is 0 Å². The molecule has 0 spiro atoms. The van der Waals surface area contributed by atoms with Crippen LogP contribution in [0.1, 0.15) is 6.92 Å². The molecule has 0 radical (unpaired) electrons. The maximum atomic E-state index is 10.8. The van der Waals surface area contributed by atoms with Crippen LogP contribution < -0.4 is 0 Å². The van der Waals surface area contributed by atoms with Crippen LogP contribution in [-0.2, 0) is 18.6 Å². The first-order valence-electron chi connectivity index (χ1n) is 3.26. The zero-order chi connectivity index (χ0) is 8.85. The summed E-state index contributed by atoms with van der Waals surface area (Å²) in [6.07, 6.45) is 0.258. The van der Waals surface area contributed by atoms with Crippen LogP contribution in [0, 0.1) is 5.92 Å². The van der Waals surface area contributed by atoms with E-state index in [-0.39, 0.29) is 18.0 Å². The normalized spacial score (nSPS) is 15.5. The molecule has 0 heterocycles. The van der Waals surface area contributed by atoms with Crippen molar-refractivity contribution in [3.63, 3.8) is 0 Å². The monoisotopic (exact) mass is 180 g/mol. The largest absolute Gasteiger partial charge is 0.469 e. The smallest absolute Gasteiger partial charge is 0.308 e. The summed E-state index contributed by atoms with van der Waals surface area (Å²) in [4.78, 5) is 10.8. The number of hydrogen-bond donors (Lipinski definition) is 0. The SMILES string of the molecule is COC(=O)C(C)C[PH](=O)OC. The Morgan fingerprint density at radius 1 is 1.55 bits per heavy atom. The van der Waals surface area contributed by atoms with Gasteiger partial charge in [0.2, 0.25) is 0 Å². The van der Waals surface area contributed by atoms with Crippen LogP contribution >= 0.6 is 8.03 Å². The Morgan fingerprint density at radius 2 is 2.09 bits per heavy atom. The number of methoxy groups -OCH3 is 1. The standard InChI is InChI=1S/C6H13O4P/c1-5(6(7)9-2)4-11(8)10-3/h5,11H,4H2,1-3H3. The Labute approximate surface area is 66.7 Å². The van der Waals surface area contributed by atoms with Crippen LogP contribution in [0.4, 0.5) is 0 Å². The first-order valence-corrected chi connectivity index (χ1v) is 4.78. The van der Waals surface area contributed by atoms with Crippen LogP contribution in [0.25, 0.3) is 0 Å². The van der Waals surface area contributed by atoms with E-state index in [0.717, 1.165) is 0 Å². The van der Waals surface area contributed by atoms with Gasteiger partial charge in [-0.15, -0.1) is 0 Å². The fourth-order valence-corrected chi connectivity index (χ4v) is 1.45. The van der Waals surface area contributed by atoms with E-state index in [1.807, 2.05) is 0 Å². The lowest BCUT2D eigenvalue weighted by molar-refractivity contribution is -0.144. The molecule has 0 N–H and O–H groups in total. The predicted octanol–water partition coefficient (Wildman–Crippen LogP) is 0.917. The molecule has 0 aromatic carbocycles. The molecule has 0 amide bonds. The molecule has 2 unspecified atom stereocenters. The molecule has 4 nitrogen and oxygen atoms in total. The van der Waals surface area contributed by atoms with Gasteiger partial charge in [0, 0.05) is 13.3 Å². The van der Waals surface area contributed by atoms with Gasteiger partial charge in [-0.2, -0.15) is 0 Å². The number of hydrogen-bond acceptors (Lipinski definition) is 4. The van der Waals surface area contributed by atoms with Crippen molar-refractivity contribution in [1.29, 1.82) is 0 Å². The molecule has 66 valence electrons. The molecular weight excluding hydrogens is 167 g/mol. The summed E-state index contributed by atoms with van der Waals surface area (Å²) in [5.74, 6) is -0.688. The van der Waals surface area contributed by atoms with Gasteiger partial charge in [0.1, 0.15) is 0 Å². The third kappa shape index (κ3) is 4.17. The fourth-order valence-electron chi connectivity index (χ4n) is 0.618. The highest BCUT2D eigenvalue weighted by Crippen LogP contribution is 2.24. The molecule has 0 fully saturated rings. The number of esters is 1. The van der Waals surface area contributed by atoms with E-state index in [1.165, 1.54) is 14.2 Å². The second-order valence-electron chi connectivity index (χ2n) is 2.20. The molecule has 0 rings (SSSR count). The minimum absolute atomic E-state index is 0.258. The summed E-state index contributed by atoms with van der Waals surface area (Å²) in [6, 6.07) is 0. The number of rotatable bonds is 4. The Balaban J connectivity index is 3.77. The first kappa shape index (κ1) is 10.7. The first-order chi connectivity index (χ1) is 5.11. The minimum Gasteiger partial charge on any atom is -0.469 e. The Morgan fingerprint density at radius 3 is 2.45 bits per heavy atom. The molecule has 0 bridgehead atoms. The summed E-state index contributed by atoms with van der Waals surface area (Å²) < 4.78 is 19.8. The fraction of sp³-hybridized carbons (Fsp3) is 0.833. The van der Waals surface area contributed by atoms with Crippen molar-refractivity contribution < 1.29 is 18.6 Å². The van der Waals surface area contributed by atoms with Crippen LogP contribution in [0.15, 0.2) is 0 Å². The van der Waals surface area contributed by atoms with Gasteiger partial charge in [-0.1, -0.05) is 6.92 Å². The second-order valence-corrected chi connectivity index (χ2v) is 3.76. The van der Waals surface area contributed by atoms with E-state index >= 15 is 0 Å². The average molecular weight is 180 g/mol. The Bertz CT molecular complexity index is 157. The van der Waals surface area contributed by atoms with E-state index in [4.69, 9.17) is 0 Å². The van der Waals surface area contributed by atoms with Crippen molar-refractivity contribution in [1.82, 2.24) is 0 Å². The minimum atomic E-state index is -2.03. The highest BCUT2D eigenvalue weighted by atomic mass is 31.1. The van der Waals surface area contributed by atoms with E-state index < -0.39 is 8.03 Å². The van der Waals surface area contributed by atoms with E-state index in [1.54, 1.807) is 6.92 Å². The zero-order valence-corrected chi connectivity index (χ0v) is 7.92. The quantitative estimate of drug-likeness (QED) is 0.476. The van der Waals surface area contributed by atoms with Crippen molar-refractivity contribution in [2.75, 3.05) is 20.4 Å². The molecule has 0 aliphatic carbocycles. The van der Waals surface area contributed by atoms with Gasteiger partial charge < -0.3 is 9.26 Å². The molecular formula is C6H13O4P. The van der Waals surface area contributed by atoms with Crippen LogP contribution in [0.3, 0.4) is 0 Å². The summed E-state index contributed by atoms with van der Waals surface area (Å²) in [5.41, 5.74) is 0. The lowest BCUT2D eigenvalue weighted by Crippen LogP contribution is -2.14.